The average Bonchev–Trinajstić information content (AvgIpc) is 2.74. The van der Waals surface area contributed by atoms with Crippen LogP contribution in [0.2, 0.25) is 5.15 Å². The summed E-state index contributed by atoms with van der Waals surface area (Å²) in [5.41, 5.74) is 7.26. The zero-order chi connectivity index (χ0) is 23.5. The number of hydrogen-bond acceptors (Lipinski definition) is 5. The van der Waals surface area contributed by atoms with Crippen LogP contribution in [-0.2, 0) is 10.2 Å². The van der Waals surface area contributed by atoms with Gasteiger partial charge in [-0.2, -0.15) is 5.26 Å². The third kappa shape index (κ3) is 4.22. The van der Waals surface area contributed by atoms with Gasteiger partial charge in [-0.05, 0) is 23.1 Å². The number of hydrogen-bond donors (Lipinski definition) is 3. The predicted molar refractivity (Wildman–Crippen MR) is 122 cm³/mol. The number of benzene rings is 1. The molecule has 1 saturated heterocycles. The van der Waals surface area contributed by atoms with Crippen LogP contribution in [0.5, 0.6) is 0 Å². The predicted octanol–water partition coefficient (Wildman–Crippen LogP) is 2.21. The molecule has 0 unspecified atom stereocenters. The molecule has 0 saturated carbocycles. The van der Waals surface area contributed by atoms with E-state index in [9.17, 15) is 9.59 Å². The number of nitrogens with two attached hydrogens (primary N) is 1. The van der Waals surface area contributed by atoms with E-state index < -0.39 is 11.3 Å². The molecule has 1 aromatic heterocycles. The molecule has 0 bridgehead atoms. The van der Waals surface area contributed by atoms with Gasteiger partial charge in [-0.3, -0.25) is 9.59 Å². The van der Waals surface area contributed by atoms with Gasteiger partial charge in [-0.25, -0.2) is 4.98 Å². The lowest BCUT2D eigenvalue weighted by Crippen LogP contribution is -2.68. The molecule has 0 atom stereocenters. The maximum Gasteiger partial charge on any atom is 0.253 e. The van der Waals surface area contributed by atoms with Crippen molar-refractivity contribution in [3.63, 3.8) is 0 Å². The number of nitriles is 1. The van der Waals surface area contributed by atoms with E-state index >= 15 is 0 Å². The summed E-state index contributed by atoms with van der Waals surface area (Å²) in [4.78, 5) is 35.3. The van der Waals surface area contributed by atoms with E-state index in [0.29, 0.717) is 0 Å². The highest BCUT2D eigenvalue weighted by Crippen LogP contribution is 2.40. The molecule has 1 aliphatic heterocycles. The Bertz CT molecular complexity index is 1120. The van der Waals surface area contributed by atoms with E-state index in [0.717, 1.165) is 11.1 Å². The van der Waals surface area contributed by atoms with Gasteiger partial charge in [0.05, 0.1) is 17.4 Å². The van der Waals surface area contributed by atoms with Crippen LogP contribution in [-0.4, -0.2) is 47.8 Å². The molecule has 1 aliphatic rings. The highest BCUT2D eigenvalue weighted by Gasteiger charge is 2.52. The van der Waals surface area contributed by atoms with Crippen molar-refractivity contribution in [3.8, 4) is 6.19 Å². The highest BCUT2D eigenvalue weighted by atomic mass is 35.5. The number of nitrogens with one attached hydrogen (secondary N) is 2. The van der Waals surface area contributed by atoms with Crippen LogP contribution in [0.15, 0.2) is 41.5 Å². The van der Waals surface area contributed by atoms with E-state index in [1.54, 1.807) is 11.1 Å². The first-order chi connectivity index (χ1) is 15.2. The lowest BCUT2D eigenvalue weighted by Gasteiger charge is -2.50. The van der Waals surface area contributed by atoms with Gasteiger partial charge in [-0.1, -0.05) is 49.7 Å². The standard InChI is InChI=1S/C22H24ClN7O2/c1-13(2)14-6-4-5-7-16(14)22(10-30(11-22)21(25)28-12-24)20(32)29-17-9-27-18(23)8-15(17)19(31)26-3/h4-9,13H,10-11H2,1-3H3,(H2,25,28)(H,26,31)(H,29,32). The number of nitrogens with zero attached hydrogens (tertiary/aromatic N) is 4. The Labute approximate surface area is 191 Å². The number of aromatic nitrogens is 1. The Hall–Kier alpha value is -3.64. The van der Waals surface area contributed by atoms with Crippen molar-refractivity contribution in [1.29, 1.82) is 5.26 Å². The molecule has 10 heteroatoms. The first-order valence-electron chi connectivity index (χ1n) is 9.99. The summed E-state index contributed by atoms with van der Waals surface area (Å²) in [6, 6.07) is 9.12. The Morgan fingerprint density at radius 2 is 2.03 bits per heavy atom. The fraction of sp³-hybridized carbons (Fsp3) is 0.318. The van der Waals surface area contributed by atoms with Gasteiger partial charge >= 0.3 is 0 Å². The molecule has 1 aromatic carbocycles. The topological polar surface area (TPSA) is 136 Å². The lowest BCUT2D eigenvalue weighted by atomic mass is 9.69. The van der Waals surface area contributed by atoms with Crippen LogP contribution < -0.4 is 16.4 Å². The molecule has 0 spiro atoms. The van der Waals surface area contributed by atoms with Gasteiger partial charge in [0.2, 0.25) is 18.1 Å². The number of anilines is 1. The van der Waals surface area contributed by atoms with Crippen LogP contribution in [0, 0.1) is 11.5 Å². The molecule has 2 heterocycles. The van der Waals surface area contributed by atoms with Gasteiger partial charge in [0, 0.05) is 20.1 Å². The molecule has 32 heavy (non-hydrogen) atoms. The third-order valence-corrected chi connectivity index (χ3v) is 5.74. The maximum absolute atomic E-state index is 13.7. The molecule has 9 nitrogen and oxygen atoms in total. The zero-order valence-corrected chi connectivity index (χ0v) is 18.8. The summed E-state index contributed by atoms with van der Waals surface area (Å²) in [7, 11) is 1.49. The van der Waals surface area contributed by atoms with Gasteiger partial charge in [0.15, 0.2) is 0 Å². The largest absolute Gasteiger partial charge is 0.369 e. The number of guanidine groups is 1. The van der Waals surface area contributed by atoms with Gasteiger partial charge in [0.25, 0.3) is 5.91 Å². The smallest absolute Gasteiger partial charge is 0.253 e. The normalized spacial score (nSPS) is 15.0. The summed E-state index contributed by atoms with van der Waals surface area (Å²) >= 11 is 5.95. The number of carbonyl (C=O) groups excluding carboxylic acids is 2. The summed E-state index contributed by atoms with van der Waals surface area (Å²) in [6.07, 6.45) is 3.03. The van der Waals surface area contributed by atoms with Crippen LogP contribution in [0.1, 0.15) is 41.3 Å². The molecule has 3 rings (SSSR count). The Kier molecular flexibility index (Phi) is 6.65. The molecule has 2 aromatic rings. The summed E-state index contributed by atoms with van der Waals surface area (Å²) in [5, 5.41) is 14.3. The van der Waals surface area contributed by atoms with Crippen molar-refractivity contribution in [1.82, 2.24) is 15.2 Å². The first kappa shape index (κ1) is 23.0. The minimum atomic E-state index is -0.962. The Morgan fingerprint density at radius 1 is 1.34 bits per heavy atom. The van der Waals surface area contributed by atoms with E-state index in [1.165, 1.54) is 19.3 Å². The molecule has 0 radical (unpaired) electrons. The van der Waals surface area contributed by atoms with Crippen molar-refractivity contribution in [2.75, 3.05) is 25.5 Å². The first-order valence-corrected chi connectivity index (χ1v) is 10.4. The number of halogens is 1. The highest BCUT2D eigenvalue weighted by molar-refractivity contribution is 6.30. The molecule has 1 fully saturated rings. The van der Waals surface area contributed by atoms with E-state index in [-0.39, 0.29) is 47.3 Å². The van der Waals surface area contributed by atoms with Crippen LogP contribution in [0.3, 0.4) is 0 Å². The van der Waals surface area contributed by atoms with Gasteiger partial charge in [-0.15, -0.1) is 4.99 Å². The lowest BCUT2D eigenvalue weighted by molar-refractivity contribution is -0.126. The zero-order valence-electron chi connectivity index (χ0n) is 18.0. The minimum Gasteiger partial charge on any atom is -0.369 e. The minimum absolute atomic E-state index is 0.0529. The molecule has 4 N–H and O–H groups in total. The molecule has 166 valence electrons. The van der Waals surface area contributed by atoms with Crippen LogP contribution >= 0.6 is 11.6 Å². The number of rotatable bonds is 5. The van der Waals surface area contributed by atoms with Crippen molar-refractivity contribution in [2.45, 2.75) is 25.2 Å². The molecule has 0 aliphatic carbocycles. The van der Waals surface area contributed by atoms with Crippen LogP contribution in [0.4, 0.5) is 5.69 Å². The summed E-state index contributed by atoms with van der Waals surface area (Å²) in [6.45, 7) is 4.57. The third-order valence-electron chi connectivity index (χ3n) is 5.53. The van der Waals surface area contributed by atoms with E-state index in [4.69, 9.17) is 22.6 Å². The second-order valence-electron chi connectivity index (χ2n) is 7.84. The summed E-state index contributed by atoms with van der Waals surface area (Å²) < 4.78 is 0. The number of pyridine rings is 1. The van der Waals surface area contributed by atoms with Crippen molar-refractivity contribution in [3.05, 3.63) is 58.4 Å². The second kappa shape index (κ2) is 9.24. The fourth-order valence-corrected chi connectivity index (χ4v) is 4.01. The molecule has 2 amide bonds. The van der Waals surface area contributed by atoms with Gasteiger partial charge < -0.3 is 21.3 Å². The van der Waals surface area contributed by atoms with Crippen molar-refractivity contribution in [2.24, 2.45) is 10.7 Å². The SMILES string of the molecule is CNC(=O)c1cc(Cl)ncc1NC(=O)C1(c2ccccc2C(C)C)CN(C(N)=NC#N)C1. The maximum atomic E-state index is 13.7. The quantitative estimate of drug-likeness (QED) is 0.275. The van der Waals surface area contributed by atoms with E-state index in [2.05, 4.69) is 34.5 Å². The number of carbonyl (C=O) groups is 2. The molecular formula is C22H24ClN7O2. The Morgan fingerprint density at radius 3 is 2.66 bits per heavy atom. The van der Waals surface area contributed by atoms with E-state index in [1.807, 2.05) is 24.3 Å². The number of likely N-dealkylation sites (tertiary alicyclic amines) is 1. The number of aliphatic imine (C=N–C) groups is 1. The van der Waals surface area contributed by atoms with Gasteiger partial charge in [0.1, 0.15) is 10.6 Å². The summed E-state index contributed by atoms with van der Waals surface area (Å²) in [5.74, 6) is -0.492. The monoisotopic (exact) mass is 453 g/mol. The number of amides is 2. The Balaban J connectivity index is 2.04. The second-order valence-corrected chi connectivity index (χ2v) is 8.22. The van der Waals surface area contributed by atoms with Crippen molar-refractivity contribution < 1.29 is 9.59 Å². The average molecular weight is 454 g/mol. The molecular weight excluding hydrogens is 430 g/mol. The fourth-order valence-electron chi connectivity index (χ4n) is 3.86. The van der Waals surface area contributed by atoms with Crippen molar-refractivity contribution >= 4 is 35.1 Å². The van der Waals surface area contributed by atoms with Crippen LogP contribution in [0.25, 0.3) is 0 Å².